The molecule has 1 N–H and O–H groups in total. The van der Waals surface area contributed by atoms with Crippen molar-refractivity contribution in [1.82, 2.24) is 4.98 Å². The van der Waals surface area contributed by atoms with Crippen LogP contribution in [0.25, 0.3) is 0 Å². The van der Waals surface area contributed by atoms with Gasteiger partial charge in [-0.15, -0.1) is 11.6 Å². The normalized spacial score (nSPS) is 19.4. The third-order valence-corrected chi connectivity index (χ3v) is 4.38. The molecule has 0 bridgehead atoms. The van der Waals surface area contributed by atoms with Crippen LogP contribution in [0.3, 0.4) is 0 Å². The summed E-state index contributed by atoms with van der Waals surface area (Å²) in [7, 11) is 0. The fraction of sp³-hybridized carbons (Fsp3) is 0.583. The van der Waals surface area contributed by atoms with Crippen LogP contribution in [-0.2, 0) is 0 Å². The van der Waals surface area contributed by atoms with Gasteiger partial charge in [-0.1, -0.05) is 19.3 Å². The Hall–Kier alpha value is -0.280. The second kappa shape index (κ2) is 5.37. The zero-order valence-corrected chi connectivity index (χ0v) is 11.5. The molecule has 1 fully saturated rings. The minimum absolute atomic E-state index is 0.0731. The first-order valence-electron chi connectivity index (χ1n) is 5.69. The predicted molar refractivity (Wildman–Crippen MR) is 72.1 cm³/mol. The van der Waals surface area contributed by atoms with Crippen molar-refractivity contribution in [2.24, 2.45) is 0 Å². The number of rotatable bonds is 3. The zero-order valence-electron chi connectivity index (χ0n) is 9.18. The highest BCUT2D eigenvalue weighted by molar-refractivity contribution is 9.10. The van der Waals surface area contributed by atoms with Crippen molar-refractivity contribution in [3.05, 3.63) is 22.9 Å². The van der Waals surface area contributed by atoms with Gasteiger partial charge in [0.05, 0.1) is 15.7 Å². The topological polar surface area (TPSA) is 24.9 Å². The van der Waals surface area contributed by atoms with Crippen LogP contribution in [0, 0.1) is 0 Å². The molecule has 1 aliphatic carbocycles. The van der Waals surface area contributed by atoms with Crippen LogP contribution in [0.15, 0.2) is 22.9 Å². The molecular formula is C12H16BrClN2. The second-order valence-corrected chi connectivity index (χ2v) is 5.58. The number of anilines is 1. The summed E-state index contributed by atoms with van der Waals surface area (Å²) in [5, 5.41) is 3.59. The number of hydrogen-bond acceptors (Lipinski definition) is 2. The molecule has 16 heavy (non-hydrogen) atoms. The van der Waals surface area contributed by atoms with E-state index in [2.05, 4.69) is 26.2 Å². The van der Waals surface area contributed by atoms with Gasteiger partial charge in [-0.25, -0.2) is 0 Å². The van der Waals surface area contributed by atoms with Gasteiger partial charge in [-0.3, -0.25) is 4.98 Å². The summed E-state index contributed by atoms with van der Waals surface area (Å²) in [5.41, 5.74) is 1.17. The lowest BCUT2D eigenvalue weighted by Crippen LogP contribution is -2.42. The lowest BCUT2D eigenvalue weighted by molar-refractivity contribution is 0.353. The van der Waals surface area contributed by atoms with Crippen LogP contribution in [0.1, 0.15) is 32.1 Å². The van der Waals surface area contributed by atoms with Crippen molar-refractivity contribution in [2.45, 2.75) is 37.6 Å². The molecule has 0 atom stereocenters. The molecule has 0 aromatic carbocycles. The molecule has 0 amide bonds. The maximum atomic E-state index is 6.15. The van der Waals surface area contributed by atoms with Gasteiger partial charge in [-0.2, -0.15) is 0 Å². The van der Waals surface area contributed by atoms with Crippen LogP contribution in [0.5, 0.6) is 0 Å². The molecule has 0 unspecified atom stereocenters. The Morgan fingerprint density at radius 2 is 2.12 bits per heavy atom. The predicted octanol–water partition coefficient (Wildman–Crippen LogP) is 4.20. The number of nitrogens with zero attached hydrogens (tertiary/aromatic N) is 1. The average molecular weight is 304 g/mol. The Morgan fingerprint density at radius 3 is 2.75 bits per heavy atom. The third-order valence-electron chi connectivity index (χ3n) is 3.24. The zero-order chi connectivity index (χ0) is 11.4. The summed E-state index contributed by atoms with van der Waals surface area (Å²) < 4.78 is 1.00. The smallest absolute Gasteiger partial charge is 0.0590 e. The molecular weight excluding hydrogens is 288 g/mol. The molecule has 4 heteroatoms. The van der Waals surface area contributed by atoms with E-state index in [1.54, 1.807) is 6.20 Å². The minimum Gasteiger partial charge on any atom is -0.377 e. The molecule has 0 aliphatic heterocycles. The van der Waals surface area contributed by atoms with Crippen molar-refractivity contribution in [1.29, 1.82) is 0 Å². The Labute approximate surface area is 110 Å². The van der Waals surface area contributed by atoms with Crippen LogP contribution in [0.4, 0.5) is 5.69 Å². The maximum absolute atomic E-state index is 6.15. The molecule has 2 nitrogen and oxygen atoms in total. The Morgan fingerprint density at radius 1 is 1.38 bits per heavy atom. The van der Waals surface area contributed by atoms with E-state index in [1.165, 1.54) is 19.3 Å². The van der Waals surface area contributed by atoms with Crippen LogP contribution in [-0.4, -0.2) is 16.4 Å². The molecule has 1 heterocycles. The van der Waals surface area contributed by atoms with Crippen molar-refractivity contribution < 1.29 is 0 Å². The summed E-state index contributed by atoms with van der Waals surface area (Å²) in [6.45, 7) is 0. The van der Waals surface area contributed by atoms with Gasteiger partial charge in [0.25, 0.3) is 0 Å². The van der Waals surface area contributed by atoms with Crippen molar-refractivity contribution in [3.8, 4) is 0 Å². The summed E-state index contributed by atoms with van der Waals surface area (Å²) >= 11 is 9.65. The number of alkyl halides is 1. The number of pyridine rings is 1. The lowest BCUT2D eigenvalue weighted by Gasteiger charge is -2.37. The van der Waals surface area contributed by atoms with Crippen molar-refractivity contribution >= 4 is 33.2 Å². The SMILES string of the molecule is ClCC1(Nc2ccncc2Br)CCCCC1. The van der Waals surface area contributed by atoms with Crippen molar-refractivity contribution in [3.63, 3.8) is 0 Å². The largest absolute Gasteiger partial charge is 0.377 e. The lowest BCUT2D eigenvalue weighted by atomic mass is 9.83. The maximum Gasteiger partial charge on any atom is 0.0590 e. The summed E-state index contributed by atoms with van der Waals surface area (Å²) in [4.78, 5) is 4.07. The minimum atomic E-state index is 0.0731. The molecule has 1 aliphatic rings. The molecule has 0 saturated heterocycles. The van der Waals surface area contributed by atoms with Gasteiger partial charge >= 0.3 is 0 Å². The van der Waals surface area contributed by atoms with E-state index in [0.717, 1.165) is 23.0 Å². The Kier molecular flexibility index (Phi) is 4.09. The van der Waals surface area contributed by atoms with E-state index in [9.17, 15) is 0 Å². The molecule has 88 valence electrons. The first kappa shape index (κ1) is 12.2. The summed E-state index contributed by atoms with van der Waals surface area (Å²) in [6.07, 6.45) is 9.80. The fourth-order valence-corrected chi connectivity index (χ4v) is 2.97. The first-order valence-corrected chi connectivity index (χ1v) is 7.02. The number of hydrogen-bond donors (Lipinski definition) is 1. The highest BCUT2D eigenvalue weighted by Crippen LogP contribution is 2.34. The highest BCUT2D eigenvalue weighted by atomic mass is 79.9. The number of nitrogens with one attached hydrogen (secondary N) is 1. The second-order valence-electron chi connectivity index (χ2n) is 4.46. The molecule has 2 rings (SSSR count). The summed E-state index contributed by atoms with van der Waals surface area (Å²) in [6, 6.07) is 1.99. The van der Waals surface area contributed by atoms with Gasteiger partial charge in [0, 0.05) is 18.3 Å². The van der Waals surface area contributed by atoms with Crippen LogP contribution >= 0.6 is 27.5 Å². The van der Waals surface area contributed by atoms with Gasteiger partial charge in [-0.05, 0) is 34.8 Å². The Balaban J connectivity index is 2.15. The van der Waals surface area contributed by atoms with E-state index < -0.39 is 0 Å². The first-order chi connectivity index (χ1) is 7.76. The monoisotopic (exact) mass is 302 g/mol. The molecule has 0 radical (unpaired) electrons. The van der Waals surface area contributed by atoms with Gasteiger partial charge in [0.1, 0.15) is 0 Å². The van der Waals surface area contributed by atoms with E-state index in [1.807, 2.05) is 12.3 Å². The standard InChI is InChI=1S/C12H16BrClN2/c13-10-8-15-7-4-11(10)16-12(9-14)5-2-1-3-6-12/h4,7-8H,1-3,5-6,9H2,(H,15,16). The van der Waals surface area contributed by atoms with Crippen LogP contribution < -0.4 is 5.32 Å². The van der Waals surface area contributed by atoms with E-state index in [-0.39, 0.29) is 5.54 Å². The number of aromatic nitrogens is 1. The van der Waals surface area contributed by atoms with E-state index >= 15 is 0 Å². The molecule has 1 aromatic heterocycles. The number of halogens is 2. The van der Waals surface area contributed by atoms with Crippen LogP contribution in [0.2, 0.25) is 0 Å². The fourth-order valence-electron chi connectivity index (χ4n) is 2.28. The van der Waals surface area contributed by atoms with E-state index in [0.29, 0.717) is 5.88 Å². The van der Waals surface area contributed by atoms with Gasteiger partial charge in [0.2, 0.25) is 0 Å². The quantitative estimate of drug-likeness (QED) is 0.847. The highest BCUT2D eigenvalue weighted by Gasteiger charge is 2.31. The third kappa shape index (κ3) is 2.69. The van der Waals surface area contributed by atoms with E-state index in [4.69, 9.17) is 11.6 Å². The average Bonchev–Trinajstić information content (AvgIpc) is 2.33. The molecule has 1 saturated carbocycles. The Bertz CT molecular complexity index is 351. The van der Waals surface area contributed by atoms with Gasteiger partial charge < -0.3 is 5.32 Å². The molecule has 0 spiro atoms. The van der Waals surface area contributed by atoms with Gasteiger partial charge in [0.15, 0.2) is 0 Å². The summed E-state index contributed by atoms with van der Waals surface area (Å²) in [5.74, 6) is 0.668. The van der Waals surface area contributed by atoms with Crippen molar-refractivity contribution in [2.75, 3.05) is 11.2 Å². The molecule has 1 aromatic rings.